The van der Waals surface area contributed by atoms with Crippen LogP contribution in [0.1, 0.15) is 31.8 Å². The fraction of sp³-hybridized carbons (Fsp3) is 0.0556. The number of rotatable bonds is 2. The molecule has 0 bridgehead atoms. The van der Waals surface area contributed by atoms with Gasteiger partial charge in [0.1, 0.15) is 23.1 Å². The maximum Gasteiger partial charge on any atom is 0.271 e. The second-order valence-electron chi connectivity index (χ2n) is 11.5. The zero-order chi connectivity index (χ0) is 36.9. The van der Waals surface area contributed by atoms with Gasteiger partial charge in [0.25, 0.3) is 11.4 Å². The number of carbonyl (C=O) groups excluding carboxylic acids is 2. The van der Waals surface area contributed by atoms with Gasteiger partial charge in [-0.2, -0.15) is 0 Å². The Kier molecular flexibility index (Phi) is 6.99. The van der Waals surface area contributed by atoms with Gasteiger partial charge in [-0.05, 0) is 35.4 Å². The number of thiophene rings is 2. The van der Waals surface area contributed by atoms with Crippen LogP contribution >= 0.6 is 22.7 Å². The molecule has 0 unspecified atom stereocenters. The first-order chi connectivity index (χ1) is 24.9. The van der Waals surface area contributed by atoms with Gasteiger partial charge in [-0.25, -0.2) is 47.8 Å². The van der Waals surface area contributed by atoms with Crippen molar-refractivity contribution in [3.63, 3.8) is 0 Å². The summed E-state index contributed by atoms with van der Waals surface area (Å²) in [4.78, 5) is 42.2. The van der Waals surface area contributed by atoms with Crippen LogP contribution in [0.5, 0.6) is 0 Å². The number of aryl methyl sites for hydroxylation is 2. The van der Waals surface area contributed by atoms with E-state index in [1.165, 1.54) is 22.7 Å². The van der Waals surface area contributed by atoms with Crippen molar-refractivity contribution in [2.45, 2.75) is 0 Å². The van der Waals surface area contributed by atoms with Gasteiger partial charge in [-0.3, -0.25) is 9.59 Å². The summed E-state index contributed by atoms with van der Waals surface area (Å²) >= 11 is 2.77. The molecule has 0 spiro atoms. The van der Waals surface area contributed by atoms with Crippen LogP contribution in [0.25, 0.3) is 50.7 Å². The van der Waals surface area contributed by atoms with Crippen LogP contribution in [0.2, 0.25) is 0 Å². The molecule has 4 heterocycles. The number of Topliss-reactive ketones (excluding diaryl/α,β-unsaturated/α-hetero) is 2. The van der Waals surface area contributed by atoms with E-state index in [-0.39, 0.29) is 56.5 Å². The van der Waals surface area contributed by atoms with Crippen molar-refractivity contribution in [2.75, 3.05) is 0 Å². The summed E-state index contributed by atoms with van der Waals surface area (Å²) in [5, 5.41) is 19.3. The lowest BCUT2D eigenvalue weighted by Crippen LogP contribution is -2.08. The van der Waals surface area contributed by atoms with Crippen LogP contribution < -0.4 is 0 Å². The normalized spacial score (nSPS) is 17.2. The second kappa shape index (κ2) is 11.3. The van der Waals surface area contributed by atoms with E-state index in [0.717, 1.165) is 54.1 Å². The maximum absolute atomic E-state index is 14.2. The molecule has 52 heavy (non-hydrogen) atoms. The number of aromatic nitrogens is 2. The minimum Gasteiger partial charge on any atom is -0.327 e. The van der Waals surface area contributed by atoms with E-state index >= 15 is 0 Å². The number of ketones is 2. The van der Waals surface area contributed by atoms with Gasteiger partial charge in [0.05, 0.1) is 55.1 Å². The first-order valence-corrected chi connectivity index (χ1v) is 16.4. The van der Waals surface area contributed by atoms with Crippen molar-refractivity contribution in [2.24, 2.45) is 24.1 Å². The number of allylic oxidation sites excluding steroid dienone is 4. The number of carbonyl (C=O) groups is 2. The lowest BCUT2D eigenvalue weighted by atomic mass is 10.0. The third-order valence-corrected chi connectivity index (χ3v) is 11.2. The fourth-order valence-corrected chi connectivity index (χ4v) is 9.35. The van der Waals surface area contributed by atoms with Crippen LogP contribution in [-0.2, 0) is 14.1 Å². The maximum atomic E-state index is 14.2. The number of nitriles is 2. The summed E-state index contributed by atoms with van der Waals surface area (Å²) in [6.45, 7) is 14.9. The molecule has 0 atom stereocenters. The number of hydrogen-bond donors (Lipinski definition) is 0. The lowest BCUT2D eigenvalue weighted by Gasteiger charge is -2.04. The third-order valence-electron chi connectivity index (χ3n) is 8.82. The van der Waals surface area contributed by atoms with Crippen molar-refractivity contribution in [1.29, 1.82) is 10.5 Å². The van der Waals surface area contributed by atoms with Gasteiger partial charge in [0.2, 0.25) is 11.6 Å². The first kappa shape index (κ1) is 32.2. The molecule has 0 saturated carbocycles. The van der Waals surface area contributed by atoms with Gasteiger partial charge in [0.15, 0.2) is 23.3 Å². The van der Waals surface area contributed by atoms with Crippen LogP contribution in [0.3, 0.4) is 0 Å². The van der Waals surface area contributed by atoms with E-state index in [4.69, 9.17) is 13.1 Å². The minimum absolute atomic E-state index is 0.0967. The second-order valence-corrected chi connectivity index (χ2v) is 13.6. The summed E-state index contributed by atoms with van der Waals surface area (Å²) in [6.07, 6.45) is 0. The Bertz CT molecular complexity index is 2830. The highest BCUT2D eigenvalue weighted by Crippen LogP contribution is 2.48. The van der Waals surface area contributed by atoms with Crippen LogP contribution in [0, 0.1) is 59.1 Å². The van der Waals surface area contributed by atoms with Gasteiger partial charge in [-0.15, -0.1) is 22.7 Å². The van der Waals surface area contributed by atoms with E-state index in [0.29, 0.717) is 0 Å². The molecule has 16 heteroatoms. The van der Waals surface area contributed by atoms with Crippen molar-refractivity contribution < 1.29 is 27.2 Å². The highest BCUT2D eigenvalue weighted by atomic mass is 32.1. The molecule has 4 aromatic heterocycles. The molecule has 8 rings (SSSR count). The van der Waals surface area contributed by atoms with Crippen LogP contribution in [0.4, 0.5) is 29.2 Å². The highest BCUT2D eigenvalue weighted by Gasteiger charge is 2.37. The van der Waals surface area contributed by atoms with E-state index < -0.39 is 46.2 Å². The van der Waals surface area contributed by atoms with Gasteiger partial charge >= 0.3 is 0 Å². The standard InChI is InChI=1S/C36H12F4N8O2S2/c1-43-21(11-41)27-13-5-17(37)19(39)7-15(13)33(49)29(27)45-25-9-23-31(47(25)3)35-36(51-23)32-24(52-35)10-26(48(32)4)46-30-28(22(12-42)44-2)14-6-18(38)20(40)8-16(14)34(30)50/h5-10H,3-4H3/b27-21+,28-22?,45-29?,46-30?. The van der Waals surface area contributed by atoms with Crippen LogP contribution in [-0.4, -0.2) is 32.1 Å². The predicted octanol–water partition coefficient (Wildman–Crippen LogP) is 8.75. The fourth-order valence-electron chi connectivity index (χ4n) is 6.46. The smallest absolute Gasteiger partial charge is 0.271 e. The molecule has 0 N–H and O–H groups in total. The number of aliphatic imine (C=N–C) groups is 2. The Morgan fingerprint density at radius 1 is 0.654 bits per heavy atom. The van der Waals surface area contributed by atoms with Crippen molar-refractivity contribution in [3.8, 4) is 12.1 Å². The summed E-state index contributed by atoms with van der Waals surface area (Å²) in [7, 11) is 3.41. The number of benzene rings is 2. The number of nitrogens with zero attached hydrogens (tertiary/aromatic N) is 8. The molecule has 2 aliphatic carbocycles. The van der Waals surface area contributed by atoms with E-state index in [1.807, 2.05) is 0 Å². The largest absolute Gasteiger partial charge is 0.327 e. The Hall–Kier alpha value is -6.98. The zero-order valence-electron chi connectivity index (χ0n) is 26.2. The Morgan fingerprint density at radius 3 is 1.33 bits per heavy atom. The summed E-state index contributed by atoms with van der Waals surface area (Å²) in [5.74, 6) is -5.96. The third kappa shape index (κ3) is 4.29. The zero-order valence-corrected chi connectivity index (χ0v) is 27.8. The number of hydrogen-bond acceptors (Lipinski definition) is 8. The van der Waals surface area contributed by atoms with E-state index in [1.54, 1.807) is 47.5 Å². The molecule has 0 radical (unpaired) electrons. The van der Waals surface area contributed by atoms with Crippen molar-refractivity contribution in [1.82, 2.24) is 9.13 Å². The SMILES string of the molecule is [C-]#[N+]C(C#N)=C1C(=Nc2cc3sc4c(sc5cc(N=C6C(=O)c7cc(F)c(F)cc7/C6=C(/C#N)[N+]#[C-])n(C)c54)c3n2C)C(=O)c2cc(F)c(F)cc21. The van der Waals surface area contributed by atoms with Crippen molar-refractivity contribution >= 4 is 98.3 Å². The van der Waals surface area contributed by atoms with E-state index in [2.05, 4.69) is 19.7 Å². The molecule has 2 aromatic carbocycles. The molecule has 0 amide bonds. The summed E-state index contributed by atoms with van der Waals surface area (Å²) in [6, 6.07) is 9.84. The molecule has 0 saturated heterocycles. The Labute approximate surface area is 296 Å². The van der Waals surface area contributed by atoms with Gasteiger partial charge in [-0.1, -0.05) is 0 Å². The molecule has 0 fully saturated rings. The molecule has 0 aliphatic heterocycles. The van der Waals surface area contributed by atoms with E-state index in [9.17, 15) is 37.7 Å². The lowest BCUT2D eigenvalue weighted by molar-refractivity contribution is 0.106. The summed E-state index contributed by atoms with van der Waals surface area (Å²) in [5.41, 5.74) is -1.08. The molecule has 248 valence electrons. The minimum atomic E-state index is -1.26. The Balaban J connectivity index is 1.26. The molecule has 2 aliphatic rings. The van der Waals surface area contributed by atoms with Crippen LogP contribution in [0.15, 0.2) is 57.8 Å². The first-order valence-electron chi connectivity index (χ1n) is 14.7. The van der Waals surface area contributed by atoms with Crippen molar-refractivity contribution in [3.05, 3.63) is 116 Å². The quantitative estimate of drug-likeness (QED) is 0.100. The average Bonchev–Trinajstić information content (AvgIpc) is 3.91. The van der Waals surface area contributed by atoms with Gasteiger partial charge < -0.3 is 9.13 Å². The highest BCUT2D eigenvalue weighted by molar-refractivity contribution is 7.36. The van der Waals surface area contributed by atoms with Gasteiger partial charge in [0, 0.05) is 48.5 Å². The summed E-state index contributed by atoms with van der Waals surface area (Å²) < 4.78 is 63.3. The number of halogens is 4. The Morgan fingerprint density at radius 2 is 1.00 bits per heavy atom. The molecule has 6 aromatic rings. The average molecular weight is 729 g/mol. The number of fused-ring (bicyclic) bond motifs is 7. The predicted molar refractivity (Wildman–Crippen MR) is 186 cm³/mol. The topological polar surface area (TPSA) is 125 Å². The molecule has 10 nitrogen and oxygen atoms in total. The molecular formula is C36H12F4N8O2S2. The monoisotopic (exact) mass is 728 g/mol. The molecular weight excluding hydrogens is 717 g/mol.